The summed E-state index contributed by atoms with van der Waals surface area (Å²) in [6.45, 7) is 6.93. The summed E-state index contributed by atoms with van der Waals surface area (Å²) < 4.78 is 5.85. The minimum atomic E-state index is -0.410. The average Bonchev–Trinajstić information content (AvgIpc) is 2.98. The third-order valence-electron chi connectivity index (χ3n) is 4.13. The van der Waals surface area contributed by atoms with E-state index in [1.165, 1.54) is 0 Å². The molecule has 0 radical (unpaired) electrons. The van der Waals surface area contributed by atoms with Crippen molar-refractivity contribution in [2.24, 2.45) is 0 Å². The third kappa shape index (κ3) is 1.91. The van der Waals surface area contributed by atoms with Gasteiger partial charge in [0.25, 0.3) is 5.91 Å². The number of nitrogens with zero attached hydrogens (tertiary/aromatic N) is 1. The minimum absolute atomic E-state index is 0.117. The summed E-state index contributed by atoms with van der Waals surface area (Å²) in [5.74, 6) is 0.292. The standard InChI is InChI=1S/C16H19NO3/c1-9-4-5-10(2)14-13(9)11(3)15(20-14)16(19)17-7-6-12(18)8-17/h4-5,12,18H,6-8H2,1-3H3/t12-/m1/s1. The van der Waals surface area contributed by atoms with E-state index in [4.69, 9.17) is 4.42 Å². The third-order valence-corrected chi connectivity index (χ3v) is 4.13. The lowest BCUT2D eigenvalue weighted by Gasteiger charge is -2.13. The molecule has 1 amide bonds. The van der Waals surface area contributed by atoms with Gasteiger partial charge in [-0.3, -0.25) is 4.79 Å². The lowest BCUT2D eigenvalue weighted by atomic mass is 10.0. The molecule has 1 fully saturated rings. The number of aryl methyl sites for hydroxylation is 3. The molecule has 1 aliphatic heterocycles. The van der Waals surface area contributed by atoms with E-state index in [9.17, 15) is 9.90 Å². The Kier molecular flexibility index (Phi) is 3.05. The molecule has 0 unspecified atom stereocenters. The summed E-state index contributed by atoms with van der Waals surface area (Å²) in [6.07, 6.45) is 0.232. The molecule has 1 atom stereocenters. The van der Waals surface area contributed by atoms with E-state index in [-0.39, 0.29) is 5.91 Å². The van der Waals surface area contributed by atoms with Gasteiger partial charge in [-0.25, -0.2) is 0 Å². The van der Waals surface area contributed by atoms with Crippen molar-refractivity contribution in [2.75, 3.05) is 13.1 Å². The molecule has 1 N–H and O–H groups in total. The van der Waals surface area contributed by atoms with Gasteiger partial charge >= 0.3 is 0 Å². The molecule has 3 rings (SSSR count). The Morgan fingerprint density at radius 2 is 2.00 bits per heavy atom. The van der Waals surface area contributed by atoms with Crippen molar-refractivity contribution >= 4 is 16.9 Å². The number of hydrogen-bond acceptors (Lipinski definition) is 3. The summed E-state index contributed by atoms with van der Waals surface area (Å²) in [5.41, 5.74) is 3.85. The van der Waals surface area contributed by atoms with Crippen LogP contribution in [0.2, 0.25) is 0 Å². The van der Waals surface area contributed by atoms with Gasteiger partial charge in [0.1, 0.15) is 5.58 Å². The Morgan fingerprint density at radius 1 is 1.30 bits per heavy atom. The molecule has 0 aliphatic carbocycles. The van der Waals surface area contributed by atoms with Gasteiger partial charge in [-0.1, -0.05) is 12.1 Å². The second kappa shape index (κ2) is 4.63. The number of amides is 1. The van der Waals surface area contributed by atoms with Crippen molar-refractivity contribution in [3.63, 3.8) is 0 Å². The quantitative estimate of drug-likeness (QED) is 0.868. The fourth-order valence-electron chi connectivity index (χ4n) is 2.95. The van der Waals surface area contributed by atoms with Gasteiger partial charge in [-0.05, 0) is 38.3 Å². The largest absolute Gasteiger partial charge is 0.450 e. The second-order valence-corrected chi connectivity index (χ2v) is 5.65. The number of rotatable bonds is 1. The van der Waals surface area contributed by atoms with Gasteiger partial charge in [0.05, 0.1) is 6.10 Å². The van der Waals surface area contributed by atoms with Crippen LogP contribution < -0.4 is 0 Å². The van der Waals surface area contributed by atoms with Gasteiger partial charge in [-0.15, -0.1) is 0 Å². The van der Waals surface area contributed by atoms with E-state index in [0.717, 1.165) is 27.7 Å². The lowest BCUT2D eigenvalue weighted by molar-refractivity contribution is 0.0735. The summed E-state index contributed by atoms with van der Waals surface area (Å²) in [4.78, 5) is 14.2. The van der Waals surface area contributed by atoms with E-state index in [1.807, 2.05) is 32.9 Å². The Balaban J connectivity index is 2.08. The maximum atomic E-state index is 12.5. The van der Waals surface area contributed by atoms with E-state index in [2.05, 4.69) is 0 Å². The maximum absolute atomic E-state index is 12.5. The number of aliphatic hydroxyl groups is 1. The van der Waals surface area contributed by atoms with Crippen LogP contribution >= 0.6 is 0 Å². The zero-order valence-corrected chi connectivity index (χ0v) is 12.1. The van der Waals surface area contributed by atoms with Gasteiger partial charge in [0, 0.05) is 24.0 Å². The number of hydrogen-bond donors (Lipinski definition) is 1. The van der Waals surface area contributed by atoms with Crippen LogP contribution in [0.5, 0.6) is 0 Å². The van der Waals surface area contributed by atoms with Gasteiger partial charge in [0.15, 0.2) is 5.76 Å². The average molecular weight is 273 g/mol. The maximum Gasteiger partial charge on any atom is 0.289 e. The molecule has 1 aliphatic rings. The highest BCUT2D eigenvalue weighted by molar-refractivity contribution is 6.00. The number of fused-ring (bicyclic) bond motifs is 1. The summed E-state index contributed by atoms with van der Waals surface area (Å²) in [5, 5.41) is 10.6. The number of carbonyl (C=O) groups is 1. The number of likely N-dealkylation sites (tertiary alicyclic amines) is 1. The molecule has 1 aromatic carbocycles. The Hall–Kier alpha value is -1.81. The zero-order valence-electron chi connectivity index (χ0n) is 12.1. The number of carbonyl (C=O) groups excluding carboxylic acids is 1. The monoisotopic (exact) mass is 273 g/mol. The molecule has 1 saturated heterocycles. The minimum Gasteiger partial charge on any atom is -0.450 e. The molecule has 0 saturated carbocycles. The van der Waals surface area contributed by atoms with Crippen LogP contribution in [0.1, 0.15) is 33.7 Å². The van der Waals surface area contributed by atoms with Crippen LogP contribution in [0.4, 0.5) is 0 Å². The summed E-state index contributed by atoms with van der Waals surface area (Å²) >= 11 is 0. The van der Waals surface area contributed by atoms with Gasteiger partial charge in [-0.2, -0.15) is 0 Å². The van der Waals surface area contributed by atoms with Crippen molar-refractivity contribution in [2.45, 2.75) is 33.3 Å². The Morgan fingerprint density at radius 3 is 2.60 bits per heavy atom. The fraction of sp³-hybridized carbons (Fsp3) is 0.438. The first-order valence-electron chi connectivity index (χ1n) is 6.95. The Labute approximate surface area is 118 Å². The lowest BCUT2D eigenvalue weighted by Crippen LogP contribution is -2.29. The van der Waals surface area contributed by atoms with E-state index >= 15 is 0 Å². The molecule has 4 nitrogen and oxygen atoms in total. The molecule has 106 valence electrons. The fourth-order valence-corrected chi connectivity index (χ4v) is 2.95. The van der Waals surface area contributed by atoms with Crippen molar-refractivity contribution in [3.05, 3.63) is 34.6 Å². The van der Waals surface area contributed by atoms with Gasteiger partial charge in [0.2, 0.25) is 0 Å². The highest BCUT2D eigenvalue weighted by atomic mass is 16.3. The van der Waals surface area contributed by atoms with Crippen LogP contribution in [0.3, 0.4) is 0 Å². The first kappa shape index (κ1) is 13.2. The first-order valence-corrected chi connectivity index (χ1v) is 6.95. The predicted molar refractivity (Wildman–Crippen MR) is 77.0 cm³/mol. The molecular weight excluding hydrogens is 254 g/mol. The molecule has 2 aromatic rings. The second-order valence-electron chi connectivity index (χ2n) is 5.65. The Bertz CT molecular complexity index is 687. The highest BCUT2D eigenvalue weighted by Gasteiger charge is 2.29. The van der Waals surface area contributed by atoms with Crippen LogP contribution in [0.25, 0.3) is 11.0 Å². The molecule has 2 heterocycles. The SMILES string of the molecule is Cc1ccc(C)c2c(C)c(C(=O)N3CC[C@@H](O)C3)oc12. The number of benzene rings is 1. The smallest absolute Gasteiger partial charge is 0.289 e. The number of furan rings is 1. The van der Waals surface area contributed by atoms with E-state index in [0.29, 0.717) is 25.3 Å². The molecule has 0 spiro atoms. The molecule has 0 bridgehead atoms. The molecule has 4 heteroatoms. The van der Waals surface area contributed by atoms with Crippen molar-refractivity contribution in [1.29, 1.82) is 0 Å². The topological polar surface area (TPSA) is 53.7 Å². The van der Waals surface area contributed by atoms with E-state index < -0.39 is 6.10 Å². The molecule has 20 heavy (non-hydrogen) atoms. The predicted octanol–water partition coefficient (Wildman–Crippen LogP) is 2.56. The zero-order chi connectivity index (χ0) is 14.4. The van der Waals surface area contributed by atoms with Crippen LogP contribution in [-0.2, 0) is 0 Å². The van der Waals surface area contributed by atoms with Crippen LogP contribution in [0, 0.1) is 20.8 Å². The van der Waals surface area contributed by atoms with Crippen LogP contribution in [-0.4, -0.2) is 35.1 Å². The summed E-state index contributed by atoms with van der Waals surface area (Å²) in [6, 6.07) is 4.06. The van der Waals surface area contributed by atoms with Crippen molar-refractivity contribution in [1.82, 2.24) is 4.90 Å². The first-order chi connectivity index (χ1) is 9.49. The number of aliphatic hydroxyl groups excluding tert-OH is 1. The van der Waals surface area contributed by atoms with Crippen molar-refractivity contribution < 1.29 is 14.3 Å². The van der Waals surface area contributed by atoms with Gasteiger partial charge < -0.3 is 14.4 Å². The van der Waals surface area contributed by atoms with E-state index in [1.54, 1.807) is 4.90 Å². The normalized spacial score (nSPS) is 19.0. The molecular formula is C16H19NO3. The van der Waals surface area contributed by atoms with Crippen molar-refractivity contribution in [3.8, 4) is 0 Å². The van der Waals surface area contributed by atoms with Crippen LogP contribution in [0.15, 0.2) is 16.5 Å². The highest BCUT2D eigenvalue weighted by Crippen LogP contribution is 2.31. The number of β-amino-alcohol motifs (C(OH)–C–C–N with tert-alkyl or cyclic N) is 1. The summed E-state index contributed by atoms with van der Waals surface area (Å²) in [7, 11) is 0. The molecule has 1 aromatic heterocycles.